The molecule has 0 fully saturated rings. The minimum Gasteiger partial charge on any atom is -0.486 e. The number of carbonyl (C=O) groups is 1. The van der Waals surface area contributed by atoms with Gasteiger partial charge in [-0.05, 0) is 30.2 Å². The number of rotatable bonds is 5. The van der Waals surface area contributed by atoms with Gasteiger partial charge in [0.2, 0.25) is 0 Å². The van der Waals surface area contributed by atoms with Gasteiger partial charge in [-0.25, -0.2) is 4.79 Å². The maximum atomic E-state index is 10.8. The van der Waals surface area contributed by atoms with Crippen LogP contribution < -0.4 is 4.74 Å². The number of carboxylic acids is 1. The maximum Gasteiger partial charge on any atom is 0.334 e. The minimum absolute atomic E-state index is 0.0390. The summed E-state index contributed by atoms with van der Waals surface area (Å²) in [6.45, 7) is 5.16. The molecule has 0 heterocycles. The molecule has 0 aromatic heterocycles. The van der Waals surface area contributed by atoms with Crippen LogP contribution in [-0.4, -0.2) is 17.2 Å². The first-order chi connectivity index (χ1) is 9.58. The molecular formula is C17H16O3. The monoisotopic (exact) mass is 268 g/mol. The van der Waals surface area contributed by atoms with Crippen molar-refractivity contribution in [1.29, 1.82) is 0 Å². The van der Waals surface area contributed by atoms with E-state index in [1.54, 1.807) is 6.92 Å². The average molecular weight is 268 g/mol. The first-order valence-electron chi connectivity index (χ1n) is 6.32. The molecule has 0 bridgehead atoms. The van der Waals surface area contributed by atoms with Crippen LogP contribution in [0.25, 0.3) is 11.1 Å². The predicted octanol–water partition coefficient (Wildman–Crippen LogP) is 3.76. The van der Waals surface area contributed by atoms with Gasteiger partial charge in [0.1, 0.15) is 11.9 Å². The van der Waals surface area contributed by atoms with Gasteiger partial charge < -0.3 is 9.84 Å². The molecule has 3 nitrogen and oxygen atoms in total. The lowest BCUT2D eigenvalue weighted by molar-refractivity contribution is -0.133. The summed E-state index contributed by atoms with van der Waals surface area (Å²) in [6.07, 6.45) is -0.560. The Morgan fingerprint density at radius 1 is 1.05 bits per heavy atom. The van der Waals surface area contributed by atoms with Crippen molar-refractivity contribution in [3.63, 3.8) is 0 Å². The topological polar surface area (TPSA) is 46.5 Å². The molecule has 2 rings (SSSR count). The van der Waals surface area contributed by atoms with E-state index in [9.17, 15) is 4.79 Å². The van der Waals surface area contributed by atoms with Crippen LogP contribution in [0.2, 0.25) is 0 Å². The lowest BCUT2D eigenvalue weighted by atomic mass is 10.1. The van der Waals surface area contributed by atoms with Crippen molar-refractivity contribution in [1.82, 2.24) is 0 Å². The molecule has 1 atom stereocenters. The van der Waals surface area contributed by atoms with Gasteiger partial charge in [0, 0.05) is 0 Å². The Morgan fingerprint density at radius 3 is 2.15 bits per heavy atom. The molecule has 0 saturated carbocycles. The van der Waals surface area contributed by atoms with Gasteiger partial charge in [-0.3, -0.25) is 0 Å². The summed E-state index contributed by atoms with van der Waals surface area (Å²) < 4.78 is 5.55. The maximum absolute atomic E-state index is 10.8. The Morgan fingerprint density at radius 2 is 1.60 bits per heavy atom. The van der Waals surface area contributed by atoms with Crippen LogP contribution in [-0.2, 0) is 4.79 Å². The number of aliphatic carboxylic acids is 1. The molecule has 0 saturated heterocycles. The van der Waals surface area contributed by atoms with Gasteiger partial charge >= 0.3 is 5.97 Å². The largest absolute Gasteiger partial charge is 0.486 e. The van der Waals surface area contributed by atoms with E-state index in [-0.39, 0.29) is 5.57 Å². The molecule has 3 heteroatoms. The van der Waals surface area contributed by atoms with Gasteiger partial charge in [0.05, 0.1) is 5.57 Å². The summed E-state index contributed by atoms with van der Waals surface area (Å²) in [5.74, 6) is -0.419. The van der Waals surface area contributed by atoms with Crippen LogP contribution in [0.4, 0.5) is 0 Å². The Balaban J connectivity index is 2.09. The van der Waals surface area contributed by atoms with Crippen LogP contribution in [0.1, 0.15) is 6.92 Å². The van der Waals surface area contributed by atoms with Gasteiger partial charge in [0.25, 0.3) is 0 Å². The molecule has 2 aromatic carbocycles. The minimum atomic E-state index is -1.04. The Labute approximate surface area is 118 Å². The second kappa shape index (κ2) is 6.06. The zero-order valence-corrected chi connectivity index (χ0v) is 11.2. The van der Waals surface area contributed by atoms with Crippen LogP contribution in [0.15, 0.2) is 66.7 Å². The molecule has 20 heavy (non-hydrogen) atoms. The van der Waals surface area contributed by atoms with Crippen molar-refractivity contribution in [3.8, 4) is 16.9 Å². The third-order valence-electron chi connectivity index (χ3n) is 3.04. The molecule has 0 aliphatic rings. The lowest BCUT2D eigenvalue weighted by Gasteiger charge is -2.14. The van der Waals surface area contributed by atoms with Crippen molar-refractivity contribution in [2.24, 2.45) is 0 Å². The molecule has 102 valence electrons. The normalized spacial score (nSPS) is 11.7. The first-order valence-corrected chi connectivity index (χ1v) is 6.32. The predicted molar refractivity (Wildman–Crippen MR) is 78.7 cm³/mol. The van der Waals surface area contributed by atoms with Crippen LogP contribution in [0.5, 0.6) is 5.75 Å². The van der Waals surface area contributed by atoms with Crippen LogP contribution in [0.3, 0.4) is 0 Å². The zero-order valence-electron chi connectivity index (χ0n) is 11.2. The third kappa shape index (κ3) is 3.26. The number of hydrogen-bond acceptors (Lipinski definition) is 2. The van der Waals surface area contributed by atoms with Gasteiger partial charge in [-0.1, -0.05) is 49.0 Å². The van der Waals surface area contributed by atoms with E-state index in [2.05, 4.69) is 6.58 Å². The second-order valence-electron chi connectivity index (χ2n) is 4.48. The second-order valence-corrected chi connectivity index (χ2v) is 4.48. The van der Waals surface area contributed by atoms with E-state index < -0.39 is 12.1 Å². The van der Waals surface area contributed by atoms with Crippen molar-refractivity contribution < 1.29 is 14.6 Å². The standard InChI is InChI=1S/C17H16O3/c1-12(17(18)19)13(2)20-16-10-8-15(9-11-16)14-6-4-3-5-7-14/h3-11,13H,1H2,2H3,(H,18,19). The van der Waals surface area contributed by atoms with E-state index in [0.717, 1.165) is 11.1 Å². The Kier molecular flexibility index (Phi) is 4.20. The van der Waals surface area contributed by atoms with E-state index in [4.69, 9.17) is 9.84 Å². The fraction of sp³-hybridized carbons (Fsp3) is 0.118. The number of benzene rings is 2. The third-order valence-corrected chi connectivity index (χ3v) is 3.04. The Bertz CT molecular complexity index is 600. The van der Waals surface area contributed by atoms with Crippen LogP contribution in [0, 0.1) is 0 Å². The molecule has 0 aliphatic carbocycles. The van der Waals surface area contributed by atoms with Crippen molar-refractivity contribution in [2.45, 2.75) is 13.0 Å². The summed E-state index contributed by atoms with van der Waals surface area (Å²) in [4.78, 5) is 10.8. The highest BCUT2D eigenvalue weighted by atomic mass is 16.5. The fourth-order valence-corrected chi connectivity index (χ4v) is 1.81. The van der Waals surface area contributed by atoms with Crippen molar-refractivity contribution in [2.75, 3.05) is 0 Å². The quantitative estimate of drug-likeness (QED) is 0.840. The zero-order chi connectivity index (χ0) is 14.5. The molecule has 1 unspecified atom stereocenters. The summed E-state index contributed by atoms with van der Waals surface area (Å²) in [5, 5.41) is 8.84. The van der Waals surface area contributed by atoms with E-state index in [0.29, 0.717) is 5.75 Å². The highest BCUT2D eigenvalue weighted by molar-refractivity contribution is 5.86. The molecule has 2 aromatic rings. The van der Waals surface area contributed by atoms with Crippen LogP contribution >= 0.6 is 0 Å². The highest BCUT2D eigenvalue weighted by Crippen LogP contribution is 2.23. The number of ether oxygens (including phenoxy) is 1. The average Bonchev–Trinajstić information content (AvgIpc) is 2.48. The fourth-order valence-electron chi connectivity index (χ4n) is 1.81. The van der Waals surface area contributed by atoms with Gasteiger partial charge in [0.15, 0.2) is 0 Å². The molecule has 0 aliphatic heterocycles. The summed E-state index contributed by atoms with van der Waals surface area (Å²) in [5.41, 5.74) is 2.25. The lowest BCUT2D eigenvalue weighted by Crippen LogP contribution is -2.19. The molecule has 0 spiro atoms. The van der Waals surface area contributed by atoms with E-state index >= 15 is 0 Å². The van der Waals surface area contributed by atoms with Crippen molar-refractivity contribution in [3.05, 3.63) is 66.7 Å². The Hall–Kier alpha value is -2.55. The van der Waals surface area contributed by atoms with E-state index in [1.165, 1.54) is 0 Å². The molecule has 1 N–H and O–H groups in total. The summed E-state index contributed by atoms with van der Waals surface area (Å²) in [6, 6.07) is 17.6. The summed E-state index contributed by atoms with van der Waals surface area (Å²) >= 11 is 0. The number of carboxylic acid groups (broad SMARTS) is 1. The number of hydrogen-bond donors (Lipinski definition) is 1. The molecular weight excluding hydrogens is 252 g/mol. The smallest absolute Gasteiger partial charge is 0.334 e. The SMILES string of the molecule is C=C(C(=O)O)C(C)Oc1ccc(-c2ccccc2)cc1. The van der Waals surface area contributed by atoms with Gasteiger partial charge in [-0.15, -0.1) is 0 Å². The molecule has 0 radical (unpaired) electrons. The van der Waals surface area contributed by atoms with Crippen molar-refractivity contribution >= 4 is 5.97 Å². The summed E-state index contributed by atoms with van der Waals surface area (Å²) in [7, 11) is 0. The first kappa shape index (κ1) is 13.9. The highest BCUT2D eigenvalue weighted by Gasteiger charge is 2.14. The van der Waals surface area contributed by atoms with E-state index in [1.807, 2.05) is 54.6 Å². The van der Waals surface area contributed by atoms with Gasteiger partial charge in [-0.2, -0.15) is 0 Å². The molecule has 0 amide bonds.